The highest BCUT2D eigenvalue weighted by Crippen LogP contribution is 2.65. The van der Waals surface area contributed by atoms with E-state index >= 15 is 0 Å². The van der Waals surface area contributed by atoms with Crippen molar-refractivity contribution in [2.45, 2.75) is 65.2 Å². The van der Waals surface area contributed by atoms with Gasteiger partial charge in [-0.2, -0.15) is 0 Å². The molecular formula is C21H31NO3. The molecule has 4 fully saturated rings. The van der Waals surface area contributed by atoms with Gasteiger partial charge in [-0.05, 0) is 55.3 Å². The van der Waals surface area contributed by atoms with E-state index in [1.54, 1.807) is 0 Å². The van der Waals surface area contributed by atoms with E-state index in [0.29, 0.717) is 36.4 Å². The highest BCUT2D eigenvalue weighted by atomic mass is 16.1. The van der Waals surface area contributed by atoms with Crippen LogP contribution in [0.15, 0.2) is 0 Å². The van der Waals surface area contributed by atoms with Crippen molar-refractivity contribution in [1.82, 2.24) is 5.32 Å². The maximum Gasteiger partial charge on any atom is 0.207 e. The normalized spacial score (nSPS) is 49.1. The summed E-state index contributed by atoms with van der Waals surface area (Å²) in [4.78, 5) is 37.0. The van der Waals surface area contributed by atoms with Crippen molar-refractivity contribution in [2.24, 2.45) is 40.4 Å². The number of amides is 1. The first-order valence-corrected chi connectivity index (χ1v) is 10.2. The second kappa shape index (κ2) is 5.92. The molecule has 7 atom stereocenters. The molecule has 4 saturated carbocycles. The average Bonchev–Trinajstić information content (AvgIpc) is 2.90. The highest BCUT2D eigenvalue weighted by Gasteiger charge is 2.64. The lowest BCUT2D eigenvalue weighted by Crippen LogP contribution is -2.61. The fraction of sp³-hybridized carbons (Fsp3) is 0.857. The van der Waals surface area contributed by atoms with Crippen molar-refractivity contribution < 1.29 is 14.4 Å². The predicted octanol–water partition coefficient (Wildman–Crippen LogP) is 3.14. The number of Topliss-reactive ketones (excluding diaryl/α,β-unsaturated/α-hetero) is 2. The zero-order valence-corrected chi connectivity index (χ0v) is 15.6. The molecule has 0 radical (unpaired) electrons. The largest absolute Gasteiger partial charge is 0.358 e. The van der Waals surface area contributed by atoms with Crippen LogP contribution in [0.1, 0.15) is 65.2 Å². The van der Waals surface area contributed by atoms with Crippen molar-refractivity contribution >= 4 is 18.0 Å². The van der Waals surface area contributed by atoms with Crippen LogP contribution in [0.4, 0.5) is 0 Å². The SMILES string of the molecule is C[C@]12CCCCC1C(=O)C(CNC=O)[C@@H]1[C@H]2CC[C@]2(C)C(=O)CC[C@@H]12. The molecule has 0 aromatic heterocycles. The van der Waals surface area contributed by atoms with Crippen molar-refractivity contribution in [3.8, 4) is 0 Å². The van der Waals surface area contributed by atoms with Gasteiger partial charge in [0.05, 0.1) is 0 Å². The van der Waals surface area contributed by atoms with Crippen LogP contribution < -0.4 is 5.32 Å². The van der Waals surface area contributed by atoms with Crippen LogP contribution >= 0.6 is 0 Å². The van der Waals surface area contributed by atoms with E-state index in [-0.39, 0.29) is 28.6 Å². The number of hydrogen-bond acceptors (Lipinski definition) is 3. The van der Waals surface area contributed by atoms with Gasteiger partial charge in [-0.3, -0.25) is 14.4 Å². The maximum absolute atomic E-state index is 13.5. The number of carbonyl (C=O) groups excluding carboxylic acids is 3. The molecule has 0 spiro atoms. The molecule has 4 heteroatoms. The molecule has 4 aliphatic carbocycles. The van der Waals surface area contributed by atoms with E-state index in [9.17, 15) is 14.4 Å². The van der Waals surface area contributed by atoms with Crippen LogP contribution in [0.25, 0.3) is 0 Å². The summed E-state index contributed by atoms with van der Waals surface area (Å²) in [5.74, 6) is 1.95. The Morgan fingerprint density at radius 2 is 1.88 bits per heavy atom. The van der Waals surface area contributed by atoms with Gasteiger partial charge in [-0.25, -0.2) is 0 Å². The van der Waals surface area contributed by atoms with Gasteiger partial charge in [-0.15, -0.1) is 0 Å². The Balaban J connectivity index is 1.76. The zero-order valence-electron chi connectivity index (χ0n) is 15.6. The van der Waals surface area contributed by atoms with E-state index in [4.69, 9.17) is 0 Å². The van der Waals surface area contributed by atoms with E-state index in [1.807, 2.05) is 0 Å². The first-order chi connectivity index (χ1) is 11.9. The summed E-state index contributed by atoms with van der Waals surface area (Å²) < 4.78 is 0. The molecule has 25 heavy (non-hydrogen) atoms. The van der Waals surface area contributed by atoms with Gasteiger partial charge >= 0.3 is 0 Å². The molecule has 138 valence electrons. The number of fused-ring (bicyclic) bond motifs is 5. The first-order valence-electron chi connectivity index (χ1n) is 10.2. The lowest BCUT2D eigenvalue weighted by Gasteiger charge is -2.61. The Kier molecular flexibility index (Phi) is 4.08. The lowest BCUT2D eigenvalue weighted by molar-refractivity contribution is -0.166. The molecule has 0 saturated heterocycles. The summed E-state index contributed by atoms with van der Waals surface area (Å²) in [5, 5.41) is 2.81. The Hall–Kier alpha value is -1.19. The molecule has 1 amide bonds. The standard InChI is InChI=1S/C21H31NO3/c1-20-9-4-3-5-16(20)19(25)13(11-22-12-23)18-14-6-7-17(24)21(14,2)10-8-15(18)20/h12-16,18H,3-11H2,1-2H3,(H,22,23)/t13?,14-,15+,16?,18-,20+,21-/m0/s1. The summed E-state index contributed by atoms with van der Waals surface area (Å²) in [6.45, 7) is 4.96. The van der Waals surface area contributed by atoms with Crippen LogP contribution in [-0.4, -0.2) is 24.5 Å². The molecule has 0 bridgehead atoms. The topological polar surface area (TPSA) is 63.2 Å². The Bertz CT molecular complexity index is 602. The third-order valence-corrected chi connectivity index (χ3v) is 8.74. The molecule has 0 aliphatic heterocycles. The second-order valence-corrected chi connectivity index (χ2v) is 9.55. The third kappa shape index (κ3) is 2.28. The van der Waals surface area contributed by atoms with Crippen molar-refractivity contribution in [3.05, 3.63) is 0 Å². The Morgan fingerprint density at radius 3 is 2.64 bits per heavy atom. The molecule has 4 nitrogen and oxygen atoms in total. The molecular weight excluding hydrogens is 314 g/mol. The second-order valence-electron chi connectivity index (χ2n) is 9.55. The van der Waals surface area contributed by atoms with Gasteiger partial charge in [0.2, 0.25) is 6.41 Å². The van der Waals surface area contributed by atoms with E-state index in [0.717, 1.165) is 44.9 Å². The summed E-state index contributed by atoms with van der Waals surface area (Å²) in [6.07, 6.45) is 8.92. The fourth-order valence-electron chi connectivity index (χ4n) is 7.43. The highest BCUT2D eigenvalue weighted by molar-refractivity contribution is 5.89. The number of hydrogen-bond donors (Lipinski definition) is 1. The van der Waals surface area contributed by atoms with Crippen LogP contribution in [-0.2, 0) is 14.4 Å². The molecule has 4 rings (SSSR count). The zero-order chi connectivity index (χ0) is 17.8. The van der Waals surface area contributed by atoms with Gasteiger partial charge in [0.1, 0.15) is 11.6 Å². The van der Waals surface area contributed by atoms with Crippen molar-refractivity contribution in [2.75, 3.05) is 6.54 Å². The fourth-order valence-corrected chi connectivity index (χ4v) is 7.43. The van der Waals surface area contributed by atoms with Gasteiger partial charge in [0, 0.05) is 30.2 Å². The minimum Gasteiger partial charge on any atom is -0.358 e. The van der Waals surface area contributed by atoms with Gasteiger partial charge in [0.25, 0.3) is 0 Å². The van der Waals surface area contributed by atoms with E-state index in [1.165, 1.54) is 6.42 Å². The summed E-state index contributed by atoms with van der Waals surface area (Å²) in [5.41, 5.74) is -0.136. The third-order valence-electron chi connectivity index (χ3n) is 8.74. The molecule has 1 N–H and O–H groups in total. The van der Waals surface area contributed by atoms with Crippen LogP contribution in [0.2, 0.25) is 0 Å². The quantitative estimate of drug-likeness (QED) is 0.799. The Morgan fingerprint density at radius 1 is 1.08 bits per heavy atom. The maximum atomic E-state index is 13.5. The monoisotopic (exact) mass is 345 g/mol. The lowest BCUT2D eigenvalue weighted by atomic mass is 9.42. The minimum absolute atomic E-state index is 0.0955. The minimum atomic E-state index is -0.237. The summed E-state index contributed by atoms with van der Waals surface area (Å²) in [7, 11) is 0. The summed E-state index contributed by atoms with van der Waals surface area (Å²) in [6, 6.07) is 0. The van der Waals surface area contributed by atoms with Gasteiger partial charge in [0.15, 0.2) is 0 Å². The van der Waals surface area contributed by atoms with Crippen molar-refractivity contribution in [1.29, 1.82) is 0 Å². The van der Waals surface area contributed by atoms with Gasteiger partial charge in [-0.1, -0.05) is 26.7 Å². The molecule has 2 unspecified atom stereocenters. The number of ketones is 2. The molecule has 4 aliphatic rings. The van der Waals surface area contributed by atoms with Crippen LogP contribution in [0.3, 0.4) is 0 Å². The number of carbonyl (C=O) groups is 3. The van der Waals surface area contributed by atoms with E-state index in [2.05, 4.69) is 19.2 Å². The van der Waals surface area contributed by atoms with Crippen LogP contribution in [0, 0.1) is 40.4 Å². The first kappa shape index (κ1) is 17.2. The molecule has 0 aromatic carbocycles. The van der Waals surface area contributed by atoms with Gasteiger partial charge < -0.3 is 5.32 Å². The van der Waals surface area contributed by atoms with Crippen LogP contribution in [0.5, 0.6) is 0 Å². The van der Waals surface area contributed by atoms with Crippen molar-refractivity contribution in [3.63, 3.8) is 0 Å². The smallest absolute Gasteiger partial charge is 0.207 e. The molecule has 0 aromatic rings. The number of nitrogens with one attached hydrogen (secondary N) is 1. The number of rotatable bonds is 3. The summed E-state index contributed by atoms with van der Waals surface area (Å²) >= 11 is 0. The van der Waals surface area contributed by atoms with E-state index < -0.39 is 0 Å². The average molecular weight is 345 g/mol. The predicted molar refractivity (Wildman–Crippen MR) is 94.7 cm³/mol. The molecule has 0 heterocycles. The Labute approximate surface area is 150 Å².